The van der Waals surface area contributed by atoms with Gasteiger partial charge < -0.3 is 15.4 Å². The van der Waals surface area contributed by atoms with Gasteiger partial charge in [0, 0.05) is 12.0 Å². The Bertz CT molecular complexity index is 573. The van der Waals surface area contributed by atoms with Crippen molar-refractivity contribution in [3.05, 3.63) is 16.9 Å². The molecule has 1 aromatic rings. The van der Waals surface area contributed by atoms with Crippen molar-refractivity contribution < 1.29 is 9.53 Å². The molecule has 0 aromatic carbocycles. The van der Waals surface area contributed by atoms with E-state index in [-0.39, 0.29) is 11.5 Å². The predicted octanol–water partition coefficient (Wildman–Crippen LogP) is 2.49. The first-order valence-corrected chi connectivity index (χ1v) is 8.10. The Morgan fingerprint density at radius 1 is 1.50 bits per heavy atom. The van der Waals surface area contributed by atoms with Gasteiger partial charge in [-0.05, 0) is 46.7 Å². The highest BCUT2D eigenvalue weighted by molar-refractivity contribution is 6.31. The Kier molecular flexibility index (Phi) is 3.85. The van der Waals surface area contributed by atoms with Crippen LogP contribution < -0.4 is 10.6 Å². The molecule has 0 saturated carbocycles. The second-order valence-electron chi connectivity index (χ2n) is 7.23. The second kappa shape index (κ2) is 5.42. The number of ether oxygens (including phenoxy) is 1. The normalized spacial score (nSPS) is 23.4. The molecule has 122 valence electrons. The molecule has 1 fully saturated rings. The van der Waals surface area contributed by atoms with E-state index in [4.69, 9.17) is 16.3 Å². The lowest BCUT2D eigenvalue weighted by molar-refractivity contribution is 0.0416. The van der Waals surface area contributed by atoms with Crippen molar-refractivity contribution in [1.82, 2.24) is 20.4 Å². The van der Waals surface area contributed by atoms with Gasteiger partial charge >= 0.3 is 6.09 Å². The van der Waals surface area contributed by atoms with E-state index >= 15 is 0 Å². The molecule has 3 heterocycles. The topological polar surface area (TPSA) is 68.2 Å². The lowest BCUT2D eigenvalue weighted by Gasteiger charge is -2.38. The molecule has 1 amide bonds. The average molecular weight is 327 g/mol. The monoisotopic (exact) mass is 326 g/mol. The highest BCUT2D eigenvalue weighted by Crippen LogP contribution is 2.49. The molecule has 3 rings (SSSR count). The maximum Gasteiger partial charge on any atom is 0.408 e. The predicted molar refractivity (Wildman–Crippen MR) is 83.9 cm³/mol. The van der Waals surface area contributed by atoms with Crippen molar-refractivity contribution in [2.75, 3.05) is 13.1 Å². The van der Waals surface area contributed by atoms with Crippen LogP contribution in [0.3, 0.4) is 0 Å². The summed E-state index contributed by atoms with van der Waals surface area (Å²) < 4.78 is 7.35. The molecule has 0 unspecified atom stereocenters. The summed E-state index contributed by atoms with van der Waals surface area (Å²) in [6.45, 7) is 8.25. The maximum atomic E-state index is 12.3. The number of aromatic nitrogens is 2. The molecule has 1 aromatic heterocycles. The number of amides is 1. The number of nitrogens with zero attached hydrogens (tertiary/aromatic N) is 2. The maximum absolute atomic E-state index is 12.3. The molecule has 0 radical (unpaired) electrons. The first kappa shape index (κ1) is 15.6. The minimum atomic E-state index is -0.520. The molecule has 1 saturated heterocycles. The van der Waals surface area contributed by atoms with E-state index in [1.807, 2.05) is 25.5 Å². The van der Waals surface area contributed by atoms with Crippen LogP contribution in [0.2, 0.25) is 5.02 Å². The lowest BCUT2D eigenvalue weighted by atomic mass is 9.74. The number of hydrogen-bond donors (Lipinski definition) is 2. The number of piperidine rings is 1. The van der Waals surface area contributed by atoms with Crippen LogP contribution in [0.15, 0.2) is 6.20 Å². The molecule has 0 aliphatic carbocycles. The molecule has 1 atom stereocenters. The van der Waals surface area contributed by atoms with Crippen LogP contribution in [-0.2, 0) is 11.3 Å². The van der Waals surface area contributed by atoms with Gasteiger partial charge in [-0.25, -0.2) is 4.79 Å². The van der Waals surface area contributed by atoms with Crippen molar-refractivity contribution in [3.63, 3.8) is 0 Å². The molecule has 2 N–H and O–H groups in total. The molecular formula is C15H23ClN4O2. The summed E-state index contributed by atoms with van der Waals surface area (Å²) in [7, 11) is 0. The van der Waals surface area contributed by atoms with Gasteiger partial charge in [0.05, 0.1) is 23.0 Å². The van der Waals surface area contributed by atoms with Crippen LogP contribution >= 0.6 is 11.6 Å². The highest BCUT2D eigenvalue weighted by atomic mass is 35.5. The lowest BCUT2D eigenvalue weighted by Crippen LogP contribution is -2.46. The number of rotatable bonds is 1. The largest absolute Gasteiger partial charge is 0.444 e. The third-order valence-electron chi connectivity index (χ3n) is 4.44. The fourth-order valence-electron chi connectivity index (χ4n) is 3.48. The van der Waals surface area contributed by atoms with E-state index in [0.29, 0.717) is 5.02 Å². The summed E-state index contributed by atoms with van der Waals surface area (Å²) in [5, 5.41) is 11.4. The molecule has 2 aliphatic heterocycles. The van der Waals surface area contributed by atoms with Gasteiger partial charge in [-0.1, -0.05) is 11.6 Å². The van der Waals surface area contributed by atoms with Crippen molar-refractivity contribution in [2.24, 2.45) is 5.41 Å². The zero-order valence-corrected chi connectivity index (χ0v) is 14.0. The van der Waals surface area contributed by atoms with Crippen LogP contribution in [0, 0.1) is 5.41 Å². The van der Waals surface area contributed by atoms with Gasteiger partial charge in [0.1, 0.15) is 5.60 Å². The Labute approximate surface area is 135 Å². The van der Waals surface area contributed by atoms with E-state index in [1.54, 1.807) is 6.20 Å². The Hall–Kier alpha value is -1.27. The summed E-state index contributed by atoms with van der Waals surface area (Å²) in [5.74, 6) is 0. The van der Waals surface area contributed by atoms with E-state index in [0.717, 1.165) is 38.2 Å². The Morgan fingerprint density at radius 3 is 2.82 bits per heavy atom. The van der Waals surface area contributed by atoms with Crippen LogP contribution in [0.1, 0.15) is 45.3 Å². The molecule has 1 spiro atoms. The third-order valence-corrected chi connectivity index (χ3v) is 4.74. The SMILES string of the molecule is CC(C)(C)OC(=O)N[C@@H]1c2c(Cl)cnn2CC12CCNCC2. The van der Waals surface area contributed by atoms with E-state index in [2.05, 4.69) is 15.7 Å². The number of hydrogen-bond acceptors (Lipinski definition) is 4. The first-order chi connectivity index (χ1) is 10.3. The van der Waals surface area contributed by atoms with Gasteiger partial charge in [0.2, 0.25) is 0 Å². The second-order valence-corrected chi connectivity index (χ2v) is 7.63. The van der Waals surface area contributed by atoms with Gasteiger partial charge in [-0.15, -0.1) is 0 Å². The summed E-state index contributed by atoms with van der Waals surface area (Å²) in [5.41, 5.74) is 0.345. The average Bonchev–Trinajstić information content (AvgIpc) is 2.88. The smallest absolute Gasteiger partial charge is 0.408 e. The van der Waals surface area contributed by atoms with Crippen LogP contribution in [0.4, 0.5) is 4.79 Å². The Morgan fingerprint density at radius 2 is 2.18 bits per heavy atom. The zero-order chi connectivity index (χ0) is 16.0. The molecule has 6 nitrogen and oxygen atoms in total. The Balaban J connectivity index is 1.86. The van der Waals surface area contributed by atoms with E-state index in [9.17, 15) is 4.79 Å². The quantitative estimate of drug-likeness (QED) is 0.832. The van der Waals surface area contributed by atoms with E-state index < -0.39 is 11.7 Å². The highest BCUT2D eigenvalue weighted by Gasteiger charge is 2.49. The van der Waals surface area contributed by atoms with Crippen molar-refractivity contribution in [1.29, 1.82) is 0 Å². The number of carbonyl (C=O) groups is 1. The van der Waals surface area contributed by atoms with Crippen molar-refractivity contribution >= 4 is 17.7 Å². The number of halogens is 1. The van der Waals surface area contributed by atoms with Crippen molar-refractivity contribution in [2.45, 2.75) is 51.8 Å². The van der Waals surface area contributed by atoms with Crippen LogP contribution in [0.5, 0.6) is 0 Å². The van der Waals surface area contributed by atoms with E-state index in [1.165, 1.54) is 0 Å². The standard InChI is InChI=1S/C15H23ClN4O2/c1-14(2,3)22-13(21)19-12-11-10(16)8-18-20(11)9-15(12)4-6-17-7-5-15/h8,12,17H,4-7,9H2,1-3H3,(H,19,21)/t12-/m1/s1. The minimum absolute atomic E-state index is 0.0324. The minimum Gasteiger partial charge on any atom is -0.444 e. The summed E-state index contributed by atoms with van der Waals surface area (Å²) in [6.07, 6.45) is 3.20. The summed E-state index contributed by atoms with van der Waals surface area (Å²) >= 11 is 6.31. The van der Waals surface area contributed by atoms with Gasteiger partial charge in [0.25, 0.3) is 0 Å². The third kappa shape index (κ3) is 2.82. The fourth-order valence-corrected chi connectivity index (χ4v) is 3.73. The molecule has 7 heteroatoms. The van der Waals surface area contributed by atoms with Gasteiger partial charge in [-0.2, -0.15) is 5.10 Å². The molecule has 2 aliphatic rings. The van der Waals surface area contributed by atoms with Gasteiger partial charge in [0.15, 0.2) is 0 Å². The van der Waals surface area contributed by atoms with Gasteiger partial charge in [-0.3, -0.25) is 4.68 Å². The van der Waals surface area contributed by atoms with Crippen LogP contribution in [-0.4, -0.2) is 34.6 Å². The zero-order valence-electron chi connectivity index (χ0n) is 13.3. The number of alkyl carbamates (subject to hydrolysis) is 1. The van der Waals surface area contributed by atoms with Crippen molar-refractivity contribution in [3.8, 4) is 0 Å². The summed E-state index contributed by atoms with van der Waals surface area (Å²) in [6, 6.07) is -0.153. The summed E-state index contributed by atoms with van der Waals surface area (Å²) in [4.78, 5) is 12.3. The molecule has 0 bridgehead atoms. The fraction of sp³-hybridized carbons (Fsp3) is 0.733. The first-order valence-electron chi connectivity index (χ1n) is 7.72. The number of fused-ring (bicyclic) bond motifs is 1. The number of carbonyl (C=O) groups excluding carboxylic acids is 1. The molecular weight excluding hydrogens is 304 g/mol. The number of nitrogens with one attached hydrogen (secondary N) is 2. The molecule has 22 heavy (non-hydrogen) atoms. The van der Waals surface area contributed by atoms with Crippen LogP contribution in [0.25, 0.3) is 0 Å².